The van der Waals surface area contributed by atoms with Gasteiger partial charge in [0.05, 0.1) is 12.0 Å². The molecule has 3 unspecified atom stereocenters. The molecule has 0 spiro atoms. The summed E-state index contributed by atoms with van der Waals surface area (Å²) in [6.45, 7) is 0.0299. The Bertz CT molecular complexity index is 445. The van der Waals surface area contributed by atoms with Gasteiger partial charge in [0.15, 0.2) is 0 Å². The van der Waals surface area contributed by atoms with Gasteiger partial charge >= 0.3 is 0 Å². The van der Waals surface area contributed by atoms with E-state index in [1.165, 1.54) is 5.56 Å². The van der Waals surface area contributed by atoms with Crippen LogP contribution in [0.3, 0.4) is 0 Å². The predicted octanol–water partition coefficient (Wildman–Crippen LogP) is 2.94. The summed E-state index contributed by atoms with van der Waals surface area (Å²) in [6.07, 6.45) is 8.06. The van der Waals surface area contributed by atoms with Crippen molar-refractivity contribution in [2.24, 2.45) is 11.3 Å². The predicted molar refractivity (Wildman–Crippen MR) is 74.8 cm³/mol. The lowest BCUT2D eigenvalue weighted by atomic mass is 9.57. The highest BCUT2D eigenvalue weighted by molar-refractivity contribution is 5.86. The summed E-state index contributed by atoms with van der Waals surface area (Å²) in [4.78, 5) is 16.2. The van der Waals surface area contributed by atoms with Crippen LogP contribution < -0.4 is 0 Å². The summed E-state index contributed by atoms with van der Waals surface area (Å²) in [5.74, 6) is 1.34. The van der Waals surface area contributed by atoms with Crippen molar-refractivity contribution in [1.29, 1.82) is 0 Å². The van der Waals surface area contributed by atoms with Crippen molar-refractivity contribution in [2.45, 2.75) is 45.4 Å². The first-order valence-electron chi connectivity index (χ1n) is 6.79. The van der Waals surface area contributed by atoms with Crippen LogP contribution in [0.2, 0.25) is 0 Å². The van der Waals surface area contributed by atoms with Crippen LogP contribution in [0, 0.1) is 11.3 Å². The fourth-order valence-corrected chi connectivity index (χ4v) is 3.82. The van der Waals surface area contributed by atoms with Crippen LogP contribution in [0.5, 0.6) is 0 Å². The zero-order valence-corrected chi connectivity index (χ0v) is 10.5. The number of carbonyl (C=O) groups is 1. The lowest BCUT2D eigenvalue weighted by Gasteiger charge is -2.46. The first kappa shape index (κ1) is 14.2. The summed E-state index contributed by atoms with van der Waals surface area (Å²) < 4.78 is 0. The maximum Gasteiger partial charge on any atom is 0.141 e. The Labute approximate surface area is 115 Å². The Morgan fingerprint density at radius 2 is 2.26 bits per heavy atom. The van der Waals surface area contributed by atoms with Crippen LogP contribution in [0.15, 0.2) is 24.5 Å². The molecule has 1 N–H and O–H groups in total. The maximum atomic E-state index is 12.0. The fraction of sp³-hybridized carbons (Fsp3) is 0.625. The second kappa shape index (κ2) is 5.41. The molecule has 2 saturated carbocycles. The highest BCUT2D eigenvalue weighted by atomic mass is 16.3. The number of aliphatic hydroxyl groups is 1. The Morgan fingerprint density at radius 1 is 1.42 bits per heavy atom. The third-order valence-electron chi connectivity index (χ3n) is 4.90. The van der Waals surface area contributed by atoms with E-state index in [4.69, 9.17) is 0 Å². The SMILES string of the molecule is C.O=C1CCC2CC1(CO)CCC2c1cccnc1. The van der Waals surface area contributed by atoms with E-state index < -0.39 is 5.41 Å². The number of aromatic nitrogens is 1. The van der Waals surface area contributed by atoms with E-state index in [1.807, 2.05) is 12.3 Å². The molecule has 104 valence electrons. The molecular formula is C16H23NO2. The molecule has 3 nitrogen and oxygen atoms in total. The summed E-state index contributed by atoms with van der Waals surface area (Å²) in [5, 5.41) is 9.59. The molecule has 2 aliphatic carbocycles. The highest BCUT2D eigenvalue weighted by Crippen LogP contribution is 2.52. The standard InChI is InChI=1S/C15H19NO2.CH4/c17-10-15-6-5-13(12-2-1-7-16-9-12)11(8-15)3-4-14(15)18;/h1-2,7,9,11,13,17H,3-6,8,10H2;1H4. The number of pyridine rings is 1. The van der Waals surface area contributed by atoms with Crippen molar-refractivity contribution < 1.29 is 9.90 Å². The van der Waals surface area contributed by atoms with Crippen molar-refractivity contribution >= 4 is 5.78 Å². The van der Waals surface area contributed by atoms with Crippen LogP contribution in [0.4, 0.5) is 0 Å². The van der Waals surface area contributed by atoms with Gasteiger partial charge in [-0.3, -0.25) is 9.78 Å². The van der Waals surface area contributed by atoms with Gasteiger partial charge in [0.25, 0.3) is 0 Å². The maximum absolute atomic E-state index is 12.0. The molecule has 0 amide bonds. The number of ketones is 1. The van der Waals surface area contributed by atoms with E-state index in [0.717, 1.165) is 25.7 Å². The summed E-state index contributed by atoms with van der Waals surface area (Å²) in [7, 11) is 0. The van der Waals surface area contributed by atoms with E-state index in [0.29, 0.717) is 18.3 Å². The molecule has 0 aromatic carbocycles. The number of nitrogens with zero attached hydrogens (tertiary/aromatic N) is 1. The minimum Gasteiger partial charge on any atom is -0.395 e. The summed E-state index contributed by atoms with van der Waals surface area (Å²) >= 11 is 0. The molecule has 2 aliphatic rings. The second-order valence-corrected chi connectivity index (χ2v) is 5.80. The molecular weight excluding hydrogens is 238 g/mol. The molecule has 0 radical (unpaired) electrons. The van der Waals surface area contributed by atoms with Crippen LogP contribution in [0.1, 0.15) is 51.0 Å². The van der Waals surface area contributed by atoms with E-state index in [2.05, 4.69) is 11.1 Å². The summed E-state index contributed by atoms with van der Waals surface area (Å²) in [5.41, 5.74) is 0.880. The van der Waals surface area contributed by atoms with Crippen LogP contribution in [0.25, 0.3) is 0 Å². The fourth-order valence-electron chi connectivity index (χ4n) is 3.82. The van der Waals surface area contributed by atoms with E-state index >= 15 is 0 Å². The zero-order chi connectivity index (χ0) is 12.6. The van der Waals surface area contributed by atoms with Crippen LogP contribution >= 0.6 is 0 Å². The van der Waals surface area contributed by atoms with E-state index in [9.17, 15) is 9.90 Å². The van der Waals surface area contributed by atoms with Crippen molar-refractivity contribution in [3.8, 4) is 0 Å². The minimum atomic E-state index is -0.415. The molecule has 1 heterocycles. The molecule has 1 aromatic heterocycles. The van der Waals surface area contributed by atoms with Crippen LogP contribution in [-0.2, 0) is 4.79 Å². The summed E-state index contributed by atoms with van der Waals surface area (Å²) in [6, 6.07) is 4.12. The van der Waals surface area contributed by atoms with Crippen molar-refractivity contribution in [3.05, 3.63) is 30.1 Å². The largest absolute Gasteiger partial charge is 0.395 e. The van der Waals surface area contributed by atoms with Gasteiger partial charge in [0.2, 0.25) is 0 Å². The smallest absolute Gasteiger partial charge is 0.141 e. The second-order valence-electron chi connectivity index (χ2n) is 5.80. The van der Waals surface area contributed by atoms with Gasteiger partial charge < -0.3 is 5.11 Å². The van der Waals surface area contributed by atoms with Crippen molar-refractivity contribution in [2.75, 3.05) is 6.61 Å². The molecule has 0 aliphatic heterocycles. The molecule has 3 heteroatoms. The first-order chi connectivity index (χ1) is 8.75. The number of hydrogen-bond donors (Lipinski definition) is 1. The average molecular weight is 261 g/mol. The number of carbonyl (C=O) groups excluding carboxylic acids is 1. The number of Topliss-reactive ketones (excluding diaryl/α,β-unsaturated/α-hetero) is 1. The van der Waals surface area contributed by atoms with Crippen molar-refractivity contribution in [3.63, 3.8) is 0 Å². The topological polar surface area (TPSA) is 50.2 Å². The van der Waals surface area contributed by atoms with Crippen LogP contribution in [-0.4, -0.2) is 22.5 Å². The molecule has 2 fully saturated rings. The first-order valence-corrected chi connectivity index (χ1v) is 6.79. The molecule has 3 rings (SSSR count). The zero-order valence-electron chi connectivity index (χ0n) is 10.5. The molecule has 2 bridgehead atoms. The lowest BCUT2D eigenvalue weighted by Crippen LogP contribution is -2.45. The monoisotopic (exact) mass is 261 g/mol. The Morgan fingerprint density at radius 3 is 2.95 bits per heavy atom. The molecule has 3 atom stereocenters. The van der Waals surface area contributed by atoms with Crippen molar-refractivity contribution in [1.82, 2.24) is 4.98 Å². The van der Waals surface area contributed by atoms with Gasteiger partial charge in [-0.1, -0.05) is 13.5 Å². The Balaban J connectivity index is 0.00000133. The third-order valence-corrected chi connectivity index (χ3v) is 4.90. The highest BCUT2D eigenvalue weighted by Gasteiger charge is 2.48. The lowest BCUT2D eigenvalue weighted by molar-refractivity contribution is -0.139. The van der Waals surface area contributed by atoms with Gasteiger partial charge in [0.1, 0.15) is 5.78 Å². The van der Waals surface area contributed by atoms with Gasteiger partial charge in [-0.05, 0) is 49.1 Å². The van der Waals surface area contributed by atoms with Gasteiger partial charge in [-0.2, -0.15) is 0 Å². The van der Waals surface area contributed by atoms with Gasteiger partial charge in [0, 0.05) is 18.8 Å². The molecule has 1 aromatic rings. The van der Waals surface area contributed by atoms with Gasteiger partial charge in [-0.15, -0.1) is 0 Å². The Kier molecular flexibility index (Phi) is 4.04. The van der Waals surface area contributed by atoms with Gasteiger partial charge in [-0.25, -0.2) is 0 Å². The number of hydrogen-bond acceptors (Lipinski definition) is 3. The number of rotatable bonds is 2. The molecule has 0 saturated heterocycles. The number of aliphatic hydroxyl groups excluding tert-OH is 1. The van der Waals surface area contributed by atoms with E-state index in [-0.39, 0.29) is 19.8 Å². The normalized spacial score (nSPS) is 33.6. The van der Waals surface area contributed by atoms with E-state index in [1.54, 1.807) is 6.20 Å². The molecule has 19 heavy (non-hydrogen) atoms. The average Bonchev–Trinajstić information content (AvgIpc) is 2.44. The third kappa shape index (κ3) is 2.32. The Hall–Kier alpha value is -1.22. The minimum absolute atomic E-state index is 0. The quantitative estimate of drug-likeness (QED) is 0.890. The number of fused-ring (bicyclic) bond motifs is 2.